The lowest BCUT2D eigenvalue weighted by Gasteiger charge is -2.60. The number of carbonyl (C=O) groups is 4. The predicted octanol–water partition coefficient (Wildman–Crippen LogP) is 3.20. The third-order valence-electron chi connectivity index (χ3n) is 16.5. The quantitative estimate of drug-likeness (QED) is 0.0660. The standard InChI is InChI=1S/C50H94N8O7/c1-5-45(64-36-8-18-52)48-43-12-11-42(50(43,4)46(65-37-9-19-53)38-44(48)49(3)15-13-41(14-16-49)63-35-7-17-51)40(2)10-6-20-54-47(62)39-58-27-25-56(30-33-60)23-21-55(29-32-59)22-24-57(26-28-58)31-34-61/h32-34,40-46,48H,5-31,35-39,51-53H2,1-4H3,(H,54,62)/t40-,41-,42-,43+,44+,45-,46+,48?,49+,50-/m1/s1. The number of ether oxygens (including phenoxy) is 3. The van der Waals surface area contributed by atoms with E-state index in [1.165, 1.54) is 12.8 Å². The lowest BCUT2D eigenvalue weighted by Crippen LogP contribution is -2.59. The molecule has 1 heterocycles. The second kappa shape index (κ2) is 29.9. The molecule has 4 rings (SSSR count). The van der Waals surface area contributed by atoms with Crippen molar-refractivity contribution in [1.29, 1.82) is 0 Å². The highest BCUT2D eigenvalue weighted by Gasteiger charge is 2.63. The number of hydrogen-bond donors (Lipinski definition) is 4. The van der Waals surface area contributed by atoms with Crippen LogP contribution in [0, 0.1) is 40.4 Å². The Morgan fingerprint density at radius 1 is 0.708 bits per heavy atom. The summed E-state index contributed by atoms with van der Waals surface area (Å²) >= 11 is 0. The van der Waals surface area contributed by atoms with Crippen molar-refractivity contribution in [2.24, 2.45) is 57.6 Å². The van der Waals surface area contributed by atoms with Gasteiger partial charge in [0.2, 0.25) is 5.91 Å². The van der Waals surface area contributed by atoms with E-state index < -0.39 is 0 Å². The molecule has 1 aliphatic heterocycles. The van der Waals surface area contributed by atoms with E-state index in [-0.39, 0.29) is 35.5 Å². The van der Waals surface area contributed by atoms with E-state index in [4.69, 9.17) is 31.4 Å². The Balaban J connectivity index is 1.44. The van der Waals surface area contributed by atoms with Gasteiger partial charge in [0.15, 0.2) is 0 Å². The van der Waals surface area contributed by atoms with Gasteiger partial charge in [-0.2, -0.15) is 0 Å². The summed E-state index contributed by atoms with van der Waals surface area (Å²) in [7, 11) is 0. The fourth-order valence-electron chi connectivity index (χ4n) is 12.6. The van der Waals surface area contributed by atoms with Gasteiger partial charge < -0.3 is 51.1 Å². The lowest BCUT2D eigenvalue weighted by atomic mass is 9.48. The first-order valence-corrected chi connectivity index (χ1v) is 25.9. The van der Waals surface area contributed by atoms with Crippen molar-refractivity contribution in [2.75, 3.05) is 125 Å². The zero-order valence-electron chi connectivity index (χ0n) is 41.4. The van der Waals surface area contributed by atoms with Crippen LogP contribution in [0.15, 0.2) is 0 Å². The number of hydrogen-bond acceptors (Lipinski definition) is 14. The monoisotopic (exact) mass is 919 g/mol. The van der Waals surface area contributed by atoms with E-state index >= 15 is 0 Å². The number of fused-ring (bicyclic) bond motifs is 1. The van der Waals surface area contributed by atoms with E-state index in [1.807, 2.05) is 0 Å². The highest BCUT2D eigenvalue weighted by Crippen LogP contribution is 2.66. The Kier molecular flexibility index (Phi) is 25.6. The summed E-state index contributed by atoms with van der Waals surface area (Å²) in [5, 5.41) is 3.24. The maximum absolute atomic E-state index is 13.5. The number of nitrogens with zero attached hydrogens (tertiary/aromatic N) is 4. The van der Waals surface area contributed by atoms with Gasteiger partial charge in [-0.15, -0.1) is 0 Å². The summed E-state index contributed by atoms with van der Waals surface area (Å²) < 4.78 is 20.3. The molecule has 0 spiro atoms. The average Bonchev–Trinajstić information content (AvgIpc) is 3.66. The molecule has 4 fully saturated rings. The van der Waals surface area contributed by atoms with Crippen LogP contribution >= 0.6 is 0 Å². The minimum atomic E-state index is -0.00875. The number of nitrogens with one attached hydrogen (secondary N) is 1. The van der Waals surface area contributed by atoms with Crippen molar-refractivity contribution >= 4 is 24.8 Å². The average molecular weight is 919 g/mol. The number of nitrogens with two attached hydrogens (primary N) is 3. The molecule has 7 N–H and O–H groups in total. The molecule has 0 aromatic rings. The molecule has 3 aliphatic carbocycles. The van der Waals surface area contributed by atoms with Gasteiger partial charge in [-0.05, 0) is 138 Å². The molecule has 1 amide bonds. The van der Waals surface area contributed by atoms with Crippen molar-refractivity contribution in [2.45, 2.75) is 129 Å². The molecule has 4 aliphatic rings. The van der Waals surface area contributed by atoms with Crippen LogP contribution in [-0.4, -0.2) is 187 Å². The molecule has 1 saturated heterocycles. The zero-order valence-corrected chi connectivity index (χ0v) is 41.4. The van der Waals surface area contributed by atoms with Crippen LogP contribution < -0.4 is 22.5 Å². The van der Waals surface area contributed by atoms with Crippen LogP contribution in [0.2, 0.25) is 0 Å². The van der Waals surface area contributed by atoms with Gasteiger partial charge in [0, 0.05) is 84.1 Å². The number of aldehydes is 3. The molecule has 0 aromatic carbocycles. The lowest BCUT2D eigenvalue weighted by molar-refractivity contribution is -0.191. The van der Waals surface area contributed by atoms with Gasteiger partial charge in [-0.1, -0.05) is 27.7 Å². The summed E-state index contributed by atoms with van der Waals surface area (Å²) in [5.74, 6) is 2.35. The fourth-order valence-corrected chi connectivity index (χ4v) is 12.6. The molecule has 1 unspecified atom stereocenters. The molecule has 15 nitrogen and oxygen atoms in total. The maximum atomic E-state index is 13.5. The van der Waals surface area contributed by atoms with Crippen LogP contribution in [0.25, 0.3) is 0 Å². The summed E-state index contributed by atoms with van der Waals surface area (Å²) in [5.41, 5.74) is 18.0. The van der Waals surface area contributed by atoms with E-state index in [0.717, 1.165) is 96.1 Å². The van der Waals surface area contributed by atoms with Crippen LogP contribution in [0.3, 0.4) is 0 Å². The predicted molar refractivity (Wildman–Crippen MR) is 258 cm³/mol. The third-order valence-corrected chi connectivity index (χ3v) is 16.5. The molecule has 0 radical (unpaired) electrons. The summed E-state index contributed by atoms with van der Waals surface area (Å²) in [4.78, 5) is 56.3. The SMILES string of the molecule is CC[C@@H](OCCCN)C1[C@@H]2CC[C@H]([C@H](C)CCCNC(=O)CN3CCN(CC=O)CCN(CC=O)CCN(CC=O)CC3)[C@@]2(C)[C@@H](OCCCN)C[C@@H]1[C@]1(C)CC[C@H](OCCCN)CC1. The Morgan fingerprint density at radius 3 is 1.75 bits per heavy atom. The van der Waals surface area contributed by atoms with Gasteiger partial charge in [0.1, 0.15) is 18.9 Å². The van der Waals surface area contributed by atoms with Gasteiger partial charge in [0.05, 0.1) is 44.5 Å². The summed E-state index contributed by atoms with van der Waals surface area (Å²) in [6, 6.07) is 0. The number of amides is 1. The molecule has 65 heavy (non-hydrogen) atoms. The molecule has 0 aromatic heterocycles. The highest BCUT2D eigenvalue weighted by molar-refractivity contribution is 5.78. The topological polar surface area (TPSA) is 199 Å². The number of rotatable bonds is 28. The summed E-state index contributed by atoms with van der Waals surface area (Å²) in [6.45, 7) is 20.9. The first-order chi connectivity index (χ1) is 31.5. The van der Waals surface area contributed by atoms with Crippen LogP contribution in [0.5, 0.6) is 0 Å². The zero-order chi connectivity index (χ0) is 47.1. The molecule has 376 valence electrons. The van der Waals surface area contributed by atoms with Crippen LogP contribution in [-0.2, 0) is 33.4 Å². The fraction of sp³-hybridized carbons (Fsp3) is 0.920. The molecular weight excluding hydrogens is 825 g/mol. The van der Waals surface area contributed by atoms with Crippen molar-refractivity contribution in [1.82, 2.24) is 24.9 Å². The normalized spacial score (nSPS) is 31.3. The Hall–Kier alpha value is -1.92. The Labute approximate surface area is 393 Å². The van der Waals surface area contributed by atoms with Crippen molar-refractivity contribution in [3.05, 3.63) is 0 Å². The Bertz CT molecular complexity index is 1330. The first-order valence-electron chi connectivity index (χ1n) is 25.9. The number of carbonyl (C=O) groups excluding carboxylic acids is 4. The minimum absolute atomic E-state index is 0.00176. The molecule has 0 bridgehead atoms. The largest absolute Gasteiger partial charge is 0.378 e. The van der Waals surface area contributed by atoms with Gasteiger partial charge in [0.25, 0.3) is 0 Å². The second-order valence-corrected chi connectivity index (χ2v) is 20.6. The van der Waals surface area contributed by atoms with Gasteiger partial charge >= 0.3 is 0 Å². The van der Waals surface area contributed by atoms with Crippen molar-refractivity contribution in [3.8, 4) is 0 Å². The van der Waals surface area contributed by atoms with Crippen molar-refractivity contribution < 1.29 is 33.4 Å². The highest BCUT2D eigenvalue weighted by atomic mass is 16.5. The molecular formula is C50H94N8O7. The van der Waals surface area contributed by atoms with Gasteiger partial charge in [-0.3, -0.25) is 24.4 Å². The maximum Gasteiger partial charge on any atom is 0.234 e. The minimum Gasteiger partial charge on any atom is -0.378 e. The molecule has 15 heteroatoms. The van der Waals surface area contributed by atoms with E-state index in [1.54, 1.807) is 0 Å². The molecule has 8 atom stereocenters. The Morgan fingerprint density at radius 2 is 1.23 bits per heavy atom. The van der Waals surface area contributed by atoms with E-state index in [0.29, 0.717) is 147 Å². The van der Waals surface area contributed by atoms with E-state index in [2.05, 4.69) is 52.6 Å². The van der Waals surface area contributed by atoms with Crippen LogP contribution in [0.1, 0.15) is 111 Å². The smallest absolute Gasteiger partial charge is 0.234 e. The van der Waals surface area contributed by atoms with E-state index in [9.17, 15) is 19.2 Å². The first kappa shape index (κ1) is 55.7. The second-order valence-electron chi connectivity index (χ2n) is 20.6. The third kappa shape index (κ3) is 16.6. The van der Waals surface area contributed by atoms with Gasteiger partial charge in [-0.25, -0.2) is 0 Å². The van der Waals surface area contributed by atoms with Crippen LogP contribution in [0.4, 0.5) is 0 Å². The summed E-state index contributed by atoms with van der Waals surface area (Å²) in [6.07, 6.45) is 16.8. The van der Waals surface area contributed by atoms with Crippen molar-refractivity contribution in [3.63, 3.8) is 0 Å². The molecule has 3 saturated carbocycles.